The summed E-state index contributed by atoms with van der Waals surface area (Å²) < 4.78 is 16.7. The third-order valence-corrected chi connectivity index (χ3v) is 13.0. The lowest BCUT2D eigenvalue weighted by atomic mass is 9.51. The molecule has 0 spiro atoms. The number of benzene rings is 6. The van der Waals surface area contributed by atoms with Crippen molar-refractivity contribution in [3.8, 4) is 22.3 Å². The maximum atomic E-state index is 14.2. The molecule has 2 nitrogen and oxygen atoms in total. The molecule has 0 unspecified atom stereocenters. The molecule has 0 saturated heterocycles. The maximum Gasteiger partial charge on any atom is 0.123 e. The summed E-state index contributed by atoms with van der Waals surface area (Å²) in [5.41, 5.74) is 13.0. The van der Waals surface area contributed by atoms with Gasteiger partial charge in [0.2, 0.25) is 0 Å². The van der Waals surface area contributed by atoms with Crippen LogP contribution < -0.4 is 4.90 Å². The molecule has 4 aliphatic carbocycles. The van der Waals surface area contributed by atoms with E-state index in [2.05, 4.69) is 143 Å². The van der Waals surface area contributed by atoms with Crippen LogP contribution in [-0.2, 0) is 0 Å². The van der Waals surface area contributed by atoms with Crippen molar-refractivity contribution in [2.24, 2.45) is 23.7 Å². The largest absolute Gasteiger partial charge is 0.311 e. The number of aromatic nitrogens is 1. The van der Waals surface area contributed by atoms with Crippen LogP contribution in [0.25, 0.3) is 49.6 Å². The summed E-state index contributed by atoms with van der Waals surface area (Å²) in [4.78, 5) is 2.26. The highest BCUT2D eigenvalue weighted by Crippen LogP contribution is 2.60. The van der Waals surface area contributed by atoms with Gasteiger partial charge in [-0.2, -0.15) is 0 Å². The highest BCUT2D eigenvalue weighted by Gasteiger charge is 2.48. The molecule has 258 valence electrons. The Balaban J connectivity index is 1.01. The smallest absolute Gasteiger partial charge is 0.123 e. The predicted molar refractivity (Wildman–Crippen MR) is 218 cm³/mol. The molecule has 4 fully saturated rings. The van der Waals surface area contributed by atoms with Crippen molar-refractivity contribution in [2.45, 2.75) is 38.0 Å². The summed E-state index contributed by atoms with van der Waals surface area (Å²) in [5, 5.41) is 2.45. The maximum absolute atomic E-state index is 14.2. The van der Waals surface area contributed by atoms with Crippen molar-refractivity contribution in [3.05, 3.63) is 169 Å². The first-order valence-corrected chi connectivity index (χ1v) is 19.4. The van der Waals surface area contributed by atoms with Gasteiger partial charge < -0.3 is 9.30 Å². The lowest BCUT2D eigenvalue weighted by Crippen LogP contribution is -2.43. The van der Waals surface area contributed by atoms with E-state index >= 15 is 0 Å². The Labute approximate surface area is 310 Å². The molecule has 3 heteroatoms. The fourth-order valence-corrected chi connectivity index (χ4v) is 11.1. The molecule has 0 radical (unpaired) electrons. The minimum absolute atomic E-state index is 0.225. The van der Waals surface area contributed by atoms with Gasteiger partial charge in [0.1, 0.15) is 5.82 Å². The van der Waals surface area contributed by atoms with Gasteiger partial charge in [-0.15, -0.1) is 0 Å². The van der Waals surface area contributed by atoms with Crippen LogP contribution in [0.2, 0.25) is 0 Å². The first kappa shape index (κ1) is 30.9. The summed E-state index contributed by atoms with van der Waals surface area (Å²) in [6, 6.07) is 55.8. The van der Waals surface area contributed by atoms with Gasteiger partial charge in [0.05, 0.1) is 16.6 Å². The number of hydrogen-bond acceptors (Lipinski definition) is 1. The van der Waals surface area contributed by atoms with Crippen LogP contribution >= 0.6 is 0 Å². The molecule has 4 aliphatic rings. The van der Waals surface area contributed by atoms with Gasteiger partial charge in [0.25, 0.3) is 0 Å². The highest BCUT2D eigenvalue weighted by molar-refractivity contribution is 6.10. The number of para-hydroxylation sites is 2. The zero-order valence-corrected chi connectivity index (χ0v) is 29.7. The number of halogens is 1. The molecule has 0 N–H and O–H groups in total. The Morgan fingerprint density at radius 2 is 1.11 bits per heavy atom. The van der Waals surface area contributed by atoms with Crippen molar-refractivity contribution in [1.82, 2.24) is 4.40 Å². The first-order chi connectivity index (χ1) is 26.2. The van der Waals surface area contributed by atoms with Crippen LogP contribution in [0.15, 0.2) is 158 Å². The van der Waals surface area contributed by atoms with Gasteiger partial charge in [-0.05, 0) is 144 Å². The summed E-state index contributed by atoms with van der Waals surface area (Å²) >= 11 is 0. The summed E-state index contributed by atoms with van der Waals surface area (Å²) in [6.45, 7) is 0. The van der Waals surface area contributed by atoms with E-state index < -0.39 is 0 Å². The minimum Gasteiger partial charge on any atom is -0.311 e. The van der Waals surface area contributed by atoms with Gasteiger partial charge in [0.15, 0.2) is 0 Å². The lowest BCUT2D eigenvalue weighted by molar-refractivity contribution is -0.00277. The Morgan fingerprint density at radius 3 is 1.81 bits per heavy atom. The van der Waals surface area contributed by atoms with E-state index in [1.165, 1.54) is 81.7 Å². The van der Waals surface area contributed by atoms with Gasteiger partial charge in [0, 0.05) is 33.6 Å². The van der Waals surface area contributed by atoms with Crippen molar-refractivity contribution in [1.29, 1.82) is 0 Å². The molecule has 0 amide bonds. The zero-order chi connectivity index (χ0) is 35.0. The number of anilines is 3. The van der Waals surface area contributed by atoms with E-state index in [1.807, 2.05) is 12.1 Å². The summed E-state index contributed by atoms with van der Waals surface area (Å²) in [5.74, 6) is 4.11. The number of fused-ring (bicyclic) bond motifs is 5. The molecule has 4 saturated carbocycles. The quantitative estimate of drug-likeness (QED) is 0.169. The predicted octanol–water partition coefficient (Wildman–Crippen LogP) is 13.7. The van der Waals surface area contributed by atoms with Crippen molar-refractivity contribution in [3.63, 3.8) is 0 Å². The number of hydrogen-bond donors (Lipinski definition) is 0. The second-order valence-electron chi connectivity index (χ2n) is 16.0. The monoisotopic (exact) mass is 688 g/mol. The van der Waals surface area contributed by atoms with E-state index in [0.717, 1.165) is 46.3 Å². The van der Waals surface area contributed by atoms with E-state index in [1.54, 1.807) is 12.1 Å². The van der Waals surface area contributed by atoms with Crippen LogP contribution in [0.1, 0.15) is 43.6 Å². The van der Waals surface area contributed by atoms with Crippen LogP contribution in [0.5, 0.6) is 0 Å². The van der Waals surface area contributed by atoms with Crippen LogP contribution in [0.4, 0.5) is 21.5 Å². The Morgan fingerprint density at radius 1 is 0.491 bits per heavy atom. The Kier molecular flexibility index (Phi) is 7.12. The summed E-state index contributed by atoms with van der Waals surface area (Å²) in [7, 11) is 0. The molecule has 53 heavy (non-hydrogen) atoms. The lowest BCUT2D eigenvalue weighted by Gasteiger charge is -2.54. The van der Waals surface area contributed by atoms with Crippen LogP contribution in [0, 0.1) is 29.5 Å². The average Bonchev–Trinajstić information content (AvgIpc) is 3.54. The molecular formula is C50H41FN2. The SMILES string of the molecule is Fc1ccc(N(c2ccc(-c3cccc4ccc5c(-c6ccccc6)c6ccccc6n5c34)cc2)c2ccc(C3C4CC5CC(C4)CC3C5)cc2)cc1. The van der Waals surface area contributed by atoms with Gasteiger partial charge >= 0.3 is 0 Å². The molecule has 2 aromatic heterocycles. The second-order valence-corrected chi connectivity index (χ2v) is 16.0. The molecule has 8 aromatic rings. The van der Waals surface area contributed by atoms with E-state index in [-0.39, 0.29) is 5.82 Å². The zero-order valence-electron chi connectivity index (χ0n) is 29.7. The number of rotatable bonds is 6. The Hall–Kier alpha value is -5.67. The molecule has 12 rings (SSSR count). The topological polar surface area (TPSA) is 7.65 Å². The van der Waals surface area contributed by atoms with Gasteiger partial charge in [-0.25, -0.2) is 4.39 Å². The van der Waals surface area contributed by atoms with Crippen molar-refractivity contribution >= 4 is 44.4 Å². The molecule has 0 aliphatic heterocycles. The molecule has 6 aromatic carbocycles. The van der Waals surface area contributed by atoms with E-state index in [9.17, 15) is 4.39 Å². The highest BCUT2D eigenvalue weighted by atomic mass is 19.1. The van der Waals surface area contributed by atoms with E-state index in [0.29, 0.717) is 5.92 Å². The third-order valence-electron chi connectivity index (χ3n) is 13.0. The second kappa shape index (κ2) is 12.2. The standard InChI is InChI=1S/C50H41FN2/c51-40-18-24-43(25-19-40)52(42-22-15-36(16-23-42)48-38-28-32-27-33(30-38)31-39(48)29-32)41-20-13-34(14-21-41)44-11-6-9-37-17-26-47-49(35-7-2-1-3-8-35)45-10-4-5-12-46(45)53(47)50(37)44/h1-26,32-33,38-39,48H,27-31H2. The fraction of sp³-hybridized carbons (Fsp3) is 0.200. The Bertz CT molecular complexity index is 2590. The average molecular weight is 689 g/mol. The normalized spacial score (nSPS) is 21.9. The minimum atomic E-state index is -0.225. The number of nitrogens with zero attached hydrogens (tertiary/aromatic N) is 2. The van der Waals surface area contributed by atoms with Crippen molar-refractivity contribution in [2.75, 3.05) is 4.90 Å². The van der Waals surface area contributed by atoms with Crippen LogP contribution in [-0.4, -0.2) is 4.40 Å². The molecule has 2 heterocycles. The van der Waals surface area contributed by atoms with E-state index in [4.69, 9.17) is 0 Å². The van der Waals surface area contributed by atoms with Crippen LogP contribution in [0.3, 0.4) is 0 Å². The van der Waals surface area contributed by atoms with Crippen molar-refractivity contribution < 1.29 is 4.39 Å². The molecule has 4 bridgehead atoms. The number of pyridine rings is 1. The first-order valence-electron chi connectivity index (χ1n) is 19.4. The van der Waals surface area contributed by atoms with Gasteiger partial charge in [-0.3, -0.25) is 0 Å². The molecule has 0 atom stereocenters. The fourth-order valence-electron chi connectivity index (χ4n) is 11.1. The summed E-state index contributed by atoms with van der Waals surface area (Å²) in [6.07, 6.45) is 7.16. The van der Waals surface area contributed by atoms with Gasteiger partial charge in [-0.1, -0.05) is 97.1 Å². The molecular weight excluding hydrogens is 648 g/mol. The third kappa shape index (κ3) is 5.05.